The summed E-state index contributed by atoms with van der Waals surface area (Å²) in [6, 6.07) is 0.107. The molecule has 0 aromatic carbocycles. The van der Waals surface area contributed by atoms with Gasteiger partial charge in [-0.3, -0.25) is 4.79 Å². The zero-order chi connectivity index (χ0) is 15.1. The van der Waals surface area contributed by atoms with Gasteiger partial charge in [0, 0.05) is 12.0 Å². The summed E-state index contributed by atoms with van der Waals surface area (Å²) in [4.78, 5) is 20.6. The van der Waals surface area contributed by atoms with Gasteiger partial charge < -0.3 is 5.32 Å². The van der Waals surface area contributed by atoms with Crippen LogP contribution in [0.25, 0.3) is 0 Å². The smallest absolute Gasteiger partial charge is 0.271 e. The van der Waals surface area contributed by atoms with Crippen LogP contribution in [0.4, 0.5) is 0 Å². The number of rotatable bonds is 7. The number of thioether (sulfide) groups is 1. The van der Waals surface area contributed by atoms with Crippen molar-refractivity contribution in [2.45, 2.75) is 46.1 Å². The van der Waals surface area contributed by atoms with Gasteiger partial charge in [-0.15, -0.1) is 0 Å². The lowest BCUT2D eigenvalue weighted by molar-refractivity contribution is 0.0934. The molecule has 0 fully saturated rings. The first kappa shape index (κ1) is 17.2. The molecular weight excluding hydrogens is 294 g/mol. The minimum Gasteiger partial charge on any atom is -0.348 e. The van der Waals surface area contributed by atoms with Gasteiger partial charge in [-0.2, -0.15) is 11.8 Å². The van der Waals surface area contributed by atoms with Crippen molar-refractivity contribution >= 4 is 29.3 Å². The van der Waals surface area contributed by atoms with Gasteiger partial charge >= 0.3 is 0 Å². The quantitative estimate of drug-likeness (QED) is 0.782. The Morgan fingerprint density at radius 2 is 2.15 bits per heavy atom. The molecule has 1 aromatic heterocycles. The molecule has 1 N–H and O–H groups in total. The van der Waals surface area contributed by atoms with Crippen molar-refractivity contribution in [2.75, 3.05) is 11.5 Å². The van der Waals surface area contributed by atoms with E-state index in [4.69, 9.17) is 11.6 Å². The van der Waals surface area contributed by atoms with Gasteiger partial charge in [0.05, 0.1) is 11.2 Å². The first-order valence-electron chi connectivity index (χ1n) is 6.86. The Hall–Kier alpha value is -0.810. The van der Waals surface area contributed by atoms with E-state index in [1.165, 1.54) is 6.20 Å². The van der Waals surface area contributed by atoms with E-state index in [0.717, 1.165) is 17.9 Å². The third kappa shape index (κ3) is 5.29. The maximum Gasteiger partial charge on any atom is 0.271 e. The second-order valence-corrected chi connectivity index (χ2v) is 6.74. The molecule has 0 saturated carbocycles. The first-order valence-corrected chi connectivity index (χ1v) is 8.40. The number of hydrogen-bond donors (Lipinski definition) is 1. The van der Waals surface area contributed by atoms with Crippen molar-refractivity contribution < 1.29 is 4.79 Å². The maximum atomic E-state index is 12.2. The largest absolute Gasteiger partial charge is 0.348 e. The number of carbonyl (C=O) groups is 1. The van der Waals surface area contributed by atoms with Gasteiger partial charge in [0.2, 0.25) is 0 Å². The number of halogens is 1. The molecule has 1 aromatic rings. The molecule has 6 heteroatoms. The van der Waals surface area contributed by atoms with Crippen molar-refractivity contribution in [2.24, 2.45) is 0 Å². The predicted octanol–water partition coefficient (Wildman–Crippen LogP) is 3.51. The van der Waals surface area contributed by atoms with Crippen LogP contribution in [0.5, 0.6) is 0 Å². The van der Waals surface area contributed by atoms with Gasteiger partial charge in [-0.25, -0.2) is 9.97 Å². The number of carbonyl (C=O) groups excluding carboxylic acids is 1. The molecule has 1 rings (SSSR count). The van der Waals surface area contributed by atoms with E-state index in [-0.39, 0.29) is 23.6 Å². The Labute approximate surface area is 130 Å². The summed E-state index contributed by atoms with van der Waals surface area (Å²) in [5.74, 6) is 2.70. The van der Waals surface area contributed by atoms with Gasteiger partial charge in [0.1, 0.15) is 11.5 Å². The second kappa shape index (κ2) is 8.47. The zero-order valence-electron chi connectivity index (χ0n) is 12.4. The van der Waals surface area contributed by atoms with E-state index in [0.29, 0.717) is 10.8 Å². The van der Waals surface area contributed by atoms with E-state index < -0.39 is 0 Å². The van der Waals surface area contributed by atoms with E-state index >= 15 is 0 Å². The highest BCUT2D eigenvalue weighted by Gasteiger charge is 2.17. The minimum atomic E-state index is -0.228. The molecule has 1 amide bonds. The molecule has 20 heavy (non-hydrogen) atoms. The van der Waals surface area contributed by atoms with Crippen LogP contribution in [-0.2, 0) is 0 Å². The van der Waals surface area contributed by atoms with Crippen LogP contribution in [0.1, 0.15) is 56.3 Å². The summed E-state index contributed by atoms with van der Waals surface area (Å²) in [6.45, 7) is 8.08. The van der Waals surface area contributed by atoms with Crippen molar-refractivity contribution in [1.29, 1.82) is 0 Å². The fraction of sp³-hybridized carbons (Fsp3) is 0.643. The fourth-order valence-electron chi connectivity index (χ4n) is 1.59. The Morgan fingerprint density at radius 3 is 2.75 bits per heavy atom. The molecule has 0 radical (unpaired) electrons. The third-order valence-corrected chi connectivity index (χ3v) is 3.98. The first-order chi connectivity index (χ1) is 9.45. The highest BCUT2D eigenvalue weighted by molar-refractivity contribution is 7.99. The van der Waals surface area contributed by atoms with Crippen molar-refractivity contribution in [1.82, 2.24) is 15.3 Å². The summed E-state index contributed by atoms with van der Waals surface area (Å²) < 4.78 is 0. The summed E-state index contributed by atoms with van der Waals surface area (Å²) >= 11 is 7.88. The summed E-state index contributed by atoms with van der Waals surface area (Å²) in [7, 11) is 0. The summed E-state index contributed by atoms with van der Waals surface area (Å²) in [6.07, 6.45) is 2.43. The molecule has 0 saturated heterocycles. The van der Waals surface area contributed by atoms with E-state index in [9.17, 15) is 4.79 Å². The lowest BCUT2D eigenvalue weighted by Crippen LogP contribution is -2.34. The van der Waals surface area contributed by atoms with Crippen molar-refractivity contribution in [3.8, 4) is 0 Å². The molecule has 0 aliphatic heterocycles. The fourth-order valence-corrected chi connectivity index (χ4v) is 2.57. The zero-order valence-corrected chi connectivity index (χ0v) is 14.0. The summed E-state index contributed by atoms with van der Waals surface area (Å²) in [5, 5.41) is 3.23. The highest BCUT2D eigenvalue weighted by atomic mass is 35.5. The number of amides is 1. The third-order valence-electron chi connectivity index (χ3n) is 2.77. The standard InChI is InChI=1S/C14H22ClN3OS/c1-5-20-7-6-10(4)17-14(19)12-11(15)8-16-13(18-12)9(2)3/h8-10H,5-7H2,1-4H3,(H,17,19). The monoisotopic (exact) mass is 315 g/mol. The van der Waals surface area contributed by atoms with Gasteiger partial charge in [-0.1, -0.05) is 32.4 Å². The number of aromatic nitrogens is 2. The van der Waals surface area contributed by atoms with Gasteiger partial charge in [0.25, 0.3) is 5.91 Å². The van der Waals surface area contributed by atoms with Crippen LogP contribution in [0.2, 0.25) is 5.02 Å². The average molecular weight is 316 g/mol. The molecule has 112 valence electrons. The predicted molar refractivity (Wildman–Crippen MR) is 85.7 cm³/mol. The van der Waals surface area contributed by atoms with Crippen molar-refractivity contribution in [3.63, 3.8) is 0 Å². The Bertz CT molecular complexity index is 454. The number of nitrogens with zero attached hydrogens (tertiary/aromatic N) is 2. The highest BCUT2D eigenvalue weighted by Crippen LogP contribution is 2.16. The van der Waals surface area contributed by atoms with Crippen molar-refractivity contribution in [3.05, 3.63) is 22.7 Å². The molecule has 1 atom stereocenters. The van der Waals surface area contributed by atoms with Crippen LogP contribution in [0, 0.1) is 0 Å². The molecule has 4 nitrogen and oxygen atoms in total. The minimum absolute atomic E-state index is 0.107. The molecule has 0 spiro atoms. The molecule has 0 aliphatic rings. The summed E-state index contributed by atoms with van der Waals surface area (Å²) in [5.41, 5.74) is 0.264. The maximum absolute atomic E-state index is 12.2. The topological polar surface area (TPSA) is 54.9 Å². The Balaban J connectivity index is 2.69. The lowest BCUT2D eigenvalue weighted by atomic mass is 10.2. The molecule has 0 aliphatic carbocycles. The molecule has 1 unspecified atom stereocenters. The van der Waals surface area contributed by atoms with Gasteiger partial charge in [-0.05, 0) is 24.9 Å². The average Bonchev–Trinajstić information content (AvgIpc) is 2.39. The van der Waals surface area contributed by atoms with Gasteiger partial charge in [0.15, 0.2) is 0 Å². The normalized spacial score (nSPS) is 12.5. The SMILES string of the molecule is CCSCCC(C)NC(=O)c1nc(C(C)C)ncc1Cl. The van der Waals surface area contributed by atoms with Crippen LogP contribution in [0.3, 0.4) is 0 Å². The van der Waals surface area contributed by atoms with Crippen LogP contribution in [0.15, 0.2) is 6.20 Å². The molecule has 1 heterocycles. The number of nitrogens with one attached hydrogen (secondary N) is 1. The van der Waals surface area contributed by atoms with Crippen LogP contribution < -0.4 is 5.32 Å². The lowest BCUT2D eigenvalue weighted by Gasteiger charge is -2.14. The molecular formula is C14H22ClN3OS. The Kier molecular flexibility index (Phi) is 7.30. The van der Waals surface area contributed by atoms with E-state index in [1.54, 1.807) is 0 Å². The number of hydrogen-bond acceptors (Lipinski definition) is 4. The van der Waals surface area contributed by atoms with Crippen LogP contribution in [-0.4, -0.2) is 33.4 Å². The second-order valence-electron chi connectivity index (χ2n) is 4.94. The molecule has 0 bridgehead atoms. The van der Waals surface area contributed by atoms with Crippen LogP contribution >= 0.6 is 23.4 Å². The Morgan fingerprint density at radius 1 is 1.45 bits per heavy atom. The van der Waals surface area contributed by atoms with E-state index in [2.05, 4.69) is 22.2 Å². The van der Waals surface area contributed by atoms with E-state index in [1.807, 2.05) is 32.5 Å².